The topological polar surface area (TPSA) is 27.7 Å². The van der Waals surface area contributed by atoms with Gasteiger partial charge >= 0.3 is 0 Å². The predicted molar refractivity (Wildman–Crippen MR) is 156 cm³/mol. The Kier molecular flexibility index (Phi) is 7.42. The average molecular weight is 537 g/mol. The van der Waals surface area contributed by atoms with Crippen LogP contribution in [0.15, 0.2) is 11.6 Å². The molecule has 0 N–H and O–H groups in total. The number of rotatable bonds is 7. The van der Waals surface area contributed by atoms with E-state index in [4.69, 9.17) is 13.3 Å². The van der Waals surface area contributed by atoms with Crippen molar-refractivity contribution in [2.45, 2.75) is 136 Å². The molecule has 3 fully saturated rings. The maximum absolute atomic E-state index is 7.01. The number of fused-ring (bicyclic) bond motifs is 5. The first-order valence-corrected chi connectivity index (χ1v) is 24.8. The van der Waals surface area contributed by atoms with Gasteiger partial charge < -0.3 is 13.3 Å². The van der Waals surface area contributed by atoms with Gasteiger partial charge in [0.25, 0.3) is 0 Å². The molecule has 3 nitrogen and oxygen atoms in total. The molecule has 0 bridgehead atoms. The van der Waals surface area contributed by atoms with E-state index in [2.05, 4.69) is 78.8 Å². The summed E-state index contributed by atoms with van der Waals surface area (Å²) in [6.07, 6.45) is 13.2. The zero-order valence-corrected chi connectivity index (χ0v) is 28.0. The van der Waals surface area contributed by atoms with Gasteiger partial charge in [0.05, 0.1) is 5.60 Å². The van der Waals surface area contributed by atoms with Crippen molar-refractivity contribution in [3.05, 3.63) is 11.6 Å². The molecule has 0 saturated heterocycles. The quantitative estimate of drug-likeness (QED) is 0.241. The van der Waals surface area contributed by atoms with E-state index in [0.717, 1.165) is 30.8 Å². The van der Waals surface area contributed by atoms with Crippen molar-refractivity contribution in [2.24, 2.45) is 28.6 Å². The second-order valence-electron chi connectivity index (χ2n) is 15.9. The standard InChI is InChI=1S/C29H56O3Si3/c1-27-17-15-26-24(25(27)16-18-28(27,2)32-35(9,10)11)13-12-22-20-23(31-34(6,7)8)14-19-29(22,26)21-30-33(3,4)5/h12,23-26H,13-21H2,1-11H3/t23?,24-,25-,26+,27-,28?,29+/m0/s1. The number of hydrogen-bond acceptors (Lipinski definition) is 3. The fraction of sp³-hybridized carbons (Fsp3) is 0.931. The Labute approximate surface area is 220 Å². The van der Waals surface area contributed by atoms with Gasteiger partial charge in [-0.05, 0) is 140 Å². The van der Waals surface area contributed by atoms with E-state index in [0.29, 0.717) is 11.5 Å². The van der Waals surface area contributed by atoms with Crippen LogP contribution in [0.2, 0.25) is 58.9 Å². The highest BCUT2D eigenvalue weighted by atomic mass is 28.4. The van der Waals surface area contributed by atoms with Gasteiger partial charge in [0.15, 0.2) is 25.0 Å². The fourth-order valence-electron chi connectivity index (χ4n) is 8.71. The smallest absolute Gasteiger partial charge is 0.184 e. The summed E-state index contributed by atoms with van der Waals surface area (Å²) in [6.45, 7) is 27.3. The van der Waals surface area contributed by atoms with Gasteiger partial charge in [-0.2, -0.15) is 0 Å². The molecule has 4 aliphatic rings. The van der Waals surface area contributed by atoms with E-state index in [1.165, 1.54) is 44.9 Å². The van der Waals surface area contributed by atoms with E-state index in [1.807, 2.05) is 0 Å². The Morgan fingerprint density at radius 1 is 0.800 bits per heavy atom. The van der Waals surface area contributed by atoms with Crippen LogP contribution in [-0.4, -0.2) is 43.3 Å². The molecule has 0 aliphatic heterocycles. The molecular weight excluding hydrogens is 481 g/mol. The molecule has 3 saturated carbocycles. The van der Waals surface area contributed by atoms with E-state index in [9.17, 15) is 0 Å². The summed E-state index contributed by atoms with van der Waals surface area (Å²) in [4.78, 5) is 0. The van der Waals surface area contributed by atoms with E-state index in [-0.39, 0.29) is 11.0 Å². The summed E-state index contributed by atoms with van der Waals surface area (Å²) < 4.78 is 20.5. The molecule has 2 unspecified atom stereocenters. The molecule has 7 atom stereocenters. The van der Waals surface area contributed by atoms with E-state index < -0.39 is 25.0 Å². The van der Waals surface area contributed by atoms with E-state index >= 15 is 0 Å². The normalized spacial score (nSPS) is 42.2. The van der Waals surface area contributed by atoms with Crippen LogP contribution in [0.3, 0.4) is 0 Å². The zero-order valence-electron chi connectivity index (χ0n) is 25.0. The zero-order chi connectivity index (χ0) is 26.1. The monoisotopic (exact) mass is 536 g/mol. The van der Waals surface area contributed by atoms with Crippen LogP contribution in [0.5, 0.6) is 0 Å². The van der Waals surface area contributed by atoms with Crippen LogP contribution in [0.1, 0.15) is 65.2 Å². The third-order valence-electron chi connectivity index (χ3n) is 10.1. The van der Waals surface area contributed by atoms with Crippen molar-refractivity contribution in [2.75, 3.05) is 6.61 Å². The summed E-state index contributed by atoms with van der Waals surface area (Å²) >= 11 is 0. The molecule has 0 aromatic rings. The molecule has 0 amide bonds. The van der Waals surface area contributed by atoms with Gasteiger partial charge in [0, 0.05) is 18.1 Å². The number of hydrogen-bond donors (Lipinski definition) is 0. The van der Waals surface area contributed by atoms with Crippen LogP contribution >= 0.6 is 0 Å². The molecule has 4 rings (SSSR count). The van der Waals surface area contributed by atoms with Gasteiger partial charge in [-0.15, -0.1) is 0 Å². The second-order valence-corrected chi connectivity index (χ2v) is 29.3. The Hall–Kier alpha value is 0.271. The van der Waals surface area contributed by atoms with Crippen molar-refractivity contribution >= 4 is 25.0 Å². The molecule has 35 heavy (non-hydrogen) atoms. The van der Waals surface area contributed by atoms with E-state index in [1.54, 1.807) is 5.57 Å². The van der Waals surface area contributed by atoms with Gasteiger partial charge in [-0.1, -0.05) is 18.6 Å². The lowest BCUT2D eigenvalue weighted by Crippen LogP contribution is -2.58. The van der Waals surface area contributed by atoms with Crippen LogP contribution in [0.4, 0.5) is 0 Å². The minimum atomic E-state index is -1.60. The largest absolute Gasteiger partial charge is 0.417 e. The van der Waals surface area contributed by atoms with Crippen LogP contribution < -0.4 is 0 Å². The third-order valence-corrected chi connectivity index (χ3v) is 13.2. The van der Waals surface area contributed by atoms with Crippen LogP contribution in [0, 0.1) is 28.6 Å². The maximum Gasteiger partial charge on any atom is 0.184 e. The van der Waals surface area contributed by atoms with Crippen molar-refractivity contribution in [3.63, 3.8) is 0 Å². The molecule has 6 heteroatoms. The Balaban J connectivity index is 1.64. The molecule has 202 valence electrons. The van der Waals surface area contributed by atoms with Crippen molar-refractivity contribution in [1.82, 2.24) is 0 Å². The minimum Gasteiger partial charge on any atom is -0.417 e. The van der Waals surface area contributed by atoms with Crippen molar-refractivity contribution in [1.29, 1.82) is 0 Å². The maximum atomic E-state index is 7.01. The molecule has 0 aromatic carbocycles. The fourth-order valence-corrected chi connectivity index (χ4v) is 12.3. The van der Waals surface area contributed by atoms with Gasteiger partial charge in [-0.25, -0.2) is 0 Å². The molecular formula is C29H56O3Si3. The molecule has 0 aromatic heterocycles. The van der Waals surface area contributed by atoms with Gasteiger partial charge in [0.1, 0.15) is 0 Å². The first-order chi connectivity index (χ1) is 15.9. The average Bonchev–Trinajstić information content (AvgIpc) is 2.93. The second kappa shape index (κ2) is 9.18. The van der Waals surface area contributed by atoms with Crippen molar-refractivity contribution < 1.29 is 13.3 Å². The highest BCUT2D eigenvalue weighted by Gasteiger charge is 2.64. The molecule has 0 spiro atoms. The lowest BCUT2D eigenvalue weighted by Gasteiger charge is -2.61. The number of allylic oxidation sites excluding steroid dienone is 1. The summed E-state index contributed by atoms with van der Waals surface area (Å²) in [5, 5.41) is 0. The summed E-state index contributed by atoms with van der Waals surface area (Å²) in [5.74, 6) is 2.32. The minimum absolute atomic E-state index is 0.0436. The van der Waals surface area contributed by atoms with Gasteiger partial charge in [-0.3, -0.25) is 0 Å². The lowest BCUT2D eigenvalue weighted by atomic mass is 9.46. The first kappa shape index (κ1) is 28.3. The van der Waals surface area contributed by atoms with Crippen LogP contribution in [0.25, 0.3) is 0 Å². The third kappa shape index (κ3) is 5.54. The SMILES string of the molecule is CC1(O[Si](C)(C)C)CC[C@H]2[C@@H]3CC=C4CC(O[Si](C)(C)C)CC[C@]4(CO[Si](C)(C)C)[C@@H]3CC[C@@]21C. The summed E-state index contributed by atoms with van der Waals surface area (Å²) in [6, 6.07) is 0. The molecule has 0 heterocycles. The Morgan fingerprint density at radius 2 is 1.46 bits per heavy atom. The van der Waals surface area contributed by atoms with Crippen molar-refractivity contribution in [3.8, 4) is 0 Å². The highest BCUT2D eigenvalue weighted by Crippen LogP contribution is 2.68. The van der Waals surface area contributed by atoms with Crippen LogP contribution in [-0.2, 0) is 13.3 Å². The molecule has 0 radical (unpaired) electrons. The Morgan fingerprint density at radius 3 is 2.06 bits per heavy atom. The van der Waals surface area contributed by atoms with Gasteiger partial charge in [0.2, 0.25) is 0 Å². The Bertz CT molecular complexity index is 822. The highest BCUT2D eigenvalue weighted by molar-refractivity contribution is 6.70. The summed E-state index contributed by atoms with van der Waals surface area (Å²) in [5.41, 5.74) is 2.29. The predicted octanol–water partition coefficient (Wildman–Crippen LogP) is 8.61. The first-order valence-electron chi connectivity index (χ1n) is 14.6. The lowest BCUT2D eigenvalue weighted by molar-refractivity contribution is -0.115. The summed E-state index contributed by atoms with van der Waals surface area (Å²) in [7, 11) is -4.73. The molecule has 4 aliphatic carbocycles.